The standard InChI is InChI=1S/C18H25NO3/c1-2-12-22-16-9-5-4-8-15(16)14-19-17(20)13-18(21)10-6-3-7-11-18/h2,4-5,8-9,21H,1,3,6-7,10-14H2,(H,19,20). The van der Waals surface area contributed by atoms with Gasteiger partial charge in [0.2, 0.25) is 5.91 Å². The minimum Gasteiger partial charge on any atom is -0.489 e. The van der Waals surface area contributed by atoms with Gasteiger partial charge in [0, 0.05) is 12.1 Å². The molecule has 0 saturated heterocycles. The molecule has 1 fully saturated rings. The second kappa shape index (κ2) is 7.99. The molecule has 0 aromatic heterocycles. The van der Waals surface area contributed by atoms with E-state index in [1.165, 1.54) is 0 Å². The number of carbonyl (C=O) groups excluding carboxylic acids is 1. The van der Waals surface area contributed by atoms with Crippen LogP contribution in [-0.4, -0.2) is 23.2 Å². The van der Waals surface area contributed by atoms with E-state index in [1.807, 2.05) is 24.3 Å². The Labute approximate surface area is 132 Å². The van der Waals surface area contributed by atoms with Crippen LogP contribution in [0.3, 0.4) is 0 Å². The lowest BCUT2D eigenvalue weighted by molar-refractivity contribution is -0.127. The number of carbonyl (C=O) groups is 1. The van der Waals surface area contributed by atoms with Crippen molar-refractivity contribution in [1.82, 2.24) is 5.32 Å². The Morgan fingerprint density at radius 3 is 2.77 bits per heavy atom. The van der Waals surface area contributed by atoms with Crippen molar-refractivity contribution >= 4 is 5.91 Å². The van der Waals surface area contributed by atoms with E-state index < -0.39 is 5.60 Å². The van der Waals surface area contributed by atoms with Crippen molar-refractivity contribution in [1.29, 1.82) is 0 Å². The van der Waals surface area contributed by atoms with Crippen LogP contribution >= 0.6 is 0 Å². The van der Waals surface area contributed by atoms with Crippen molar-refractivity contribution in [3.8, 4) is 5.75 Å². The number of nitrogens with one attached hydrogen (secondary N) is 1. The zero-order valence-electron chi connectivity index (χ0n) is 13.0. The molecule has 1 aromatic carbocycles. The molecule has 120 valence electrons. The van der Waals surface area contributed by atoms with Crippen molar-refractivity contribution in [3.05, 3.63) is 42.5 Å². The maximum Gasteiger partial charge on any atom is 0.223 e. The number of hydrogen-bond acceptors (Lipinski definition) is 3. The molecule has 0 bridgehead atoms. The zero-order valence-corrected chi connectivity index (χ0v) is 13.0. The monoisotopic (exact) mass is 303 g/mol. The number of para-hydroxylation sites is 1. The second-order valence-electron chi connectivity index (χ2n) is 5.95. The first-order valence-electron chi connectivity index (χ1n) is 7.94. The third-order valence-corrected chi connectivity index (χ3v) is 4.08. The van der Waals surface area contributed by atoms with Gasteiger partial charge in [-0.2, -0.15) is 0 Å². The van der Waals surface area contributed by atoms with E-state index in [0.717, 1.165) is 43.4 Å². The van der Waals surface area contributed by atoms with E-state index in [9.17, 15) is 9.90 Å². The Bertz CT molecular complexity index is 507. The number of rotatable bonds is 7. The van der Waals surface area contributed by atoms with E-state index in [4.69, 9.17) is 4.74 Å². The lowest BCUT2D eigenvalue weighted by atomic mass is 9.82. The van der Waals surface area contributed by atoms with Crippen LogP contribution in [0.15, 0.2) is 36.9 Å². The van der Waals surface area contributed by atoms with Crippen LogP contribution in [0, 0.1) is 0 Å². The molecule has 1 aromatic rings. The molecule has 4 heteroatoms. The van der Waals surface area contributed by atoms with Crippen molar-refractivity contribution in [2.75, 3.05) is 6.61 Å². The van der Waals surface area contributed by atoms with E-state index in [2.05, 4.69) is 11.9 Å². The highest BCUT2D eigenvalue weighted by molar-refractivity contribution is 5.77. The van der Waals surface area contributed by atoms with Crippen molar-refractivity contribution in [2.24, 2.45) is 0 Å². The smallest absolute Gasteiger partial charge is 0.223 e. The minimum absolute atomic E-state index is 0.108. The molecule has 0 unspecified atom stereocenters. The fraction of sp³-hybridized carbons (Fsp3) is 0.500. The Kier molecular flexibility index (Phi) is 6.01. The van der Waals surface area contributed by atoms with Gasteiger partial charge in [-0.15, -0.1) is 0 Å². The highest BCUT2D eigenvalue weighted by Crippen LogP contribution is 2.30. The fourth-order valence-corrected chi connectivity index (χ4v) is 2.88. The highest BCUT2D eigenvalue weighted by Gasteiger charge is 2.31. The van der Waals surface area contributed by atoms with Crippen molar-refractivity contribution < 1.29 is 14.6 Å². The van der Waals surface area contributed by atoms with Crippen LogP contribution in [0.25, 0.3) is 0 Å². The average Bonchev–Trinajstić information content (AvgIpc) is 2.52. The predicted octanol–water partition coefficient (Wildman–Crippen LogP) is 2.95. The van der Waals surface area contributed by atoms with E-state index in [1.54, 1.807) is 6.08 Å². The average molecular weight is 303 g/mol. The molecule has 1 saturated carbocycles. The number of hydrogen-bond donors (Lipinski definition) is 2. The van der Waals surface area contributed by atoms with Gasteiger partial charge in [-0.25, -0.2) is 0 Å². The molecular formula is C18H25NO3. The molecular weight excluding hydrogens is 278 g/mol. The molecule has 2 N–H and O–H groups in total. The molecule has 0 atom stereocenters. The number of aliphatic hydroxyl groups is 1. The number of benzene rings is 1. The van der Waals surface area contributed by atoms with Crippen molar-refractivity contribution in [2.45, 2.75) is 50.7 Å². The summed E-state index contributed by atoms with van der Waals surface area (Å²) in [5.74, 6) is 0.641. The molecule has 22 heavy (non-hydrogen) atoms. The Hall–Kier alpha value is -1.81. The normalized spacial score (nSPS) is 16.8. The quantitative estimate of drug-likeness (QED) is 0.761. The minimum atomic E-state index is -0.818. The topological polar surface area (TPSA) is 58.6 Å². The van der Waals surface area contributed by atoms with Gasteiger partial charge in [-0.1, -0.05) is 50.1 Å². The van der Waals surface area contributed by atoms with Gasteiger partial charge in [0.15, 0.2) is 0 Å². The lowest BCUT2D eigenvalue weighted by Gasteiger charge is -2.31. The van der Waals surface area contributed by atoms with Crippen LogP contribution in [0.4, 0.5) is 0 Å². The SMILES string of the molecule is C=CCOc1ccccc1CNC(=O)CC1(O)CCCCC1. The molecule has 1 amide bonds. The van der Waals surface area contributed by atoms with E-state index in [0.29, 0.717) is 13.2 Å². The van der Waals surface area contributed by atoms with Gasteiger partial charge in [-0.05, 0) is 18.9 Å². The van der Waals surface area contributed by atoms with Crippen LogP contribution < -0.4 is 10.1 Å². The lowest BCUT2D eigenvalue weighted by Crippen LogP contribution is -2.38. The van der Waals surface area contributed by atoms with Crippen LogP contribution in [-0.2, 0) is 11.3 Å². The first kappa shape index (κ1) is 16.6. The second-order valence-corrected chi connectivity index (χ2v) is 5.95. The molecule has 4 nitrogen and oxygen atoms in total. The first-order chi connectivity index (χ1) is 10.6. The predicted molar refractivity (Wildman–Crippen MR) is 86.6 cm³/mol. The molecule has 1 aliphatic carbocycles. The summed E-state index contributed by atoms with van der Waals surface area (Å²) in [4.78, 5) is 12.1. The Balaban J connectivity index is 1.86. The van der Waals surface area contributed by atoms with Gasteiger partial charge in [0.1, 0.15) is 12.4 Å². The van der Waals surface area contributed by atoms with Crippen LogP contribution in [0.5, 0.6) is 5.75 Å². The van der Waals surface area contributed by atoms with Crippen LogP contribution in [0.2, 0.25) is 0 Å². The van der Waals surface area contributed by atoms with Gasteiger partial charge < -0.3 is 15.2 Å². The van der Waals surface area contributed by atoms with E-state index >= 15 is 0 Å². The maximum atomic E-state index is 12.1. The summed E-state index contributed by atoms with van der Waals surface area (Å²) in [5, 5.41) is 13.3. The summed E-state index contributed by atoms with van der Waals surface area (Å²) in [7, 11) is 0. The summed E-state index contributed by atoms with van der Waals surface area (Å²) in [6.45, 7) is 4.47. The van der Waals surface area contributed by atoms with Crippen molar-refractivity contribution in [3.63, 3.8) is 0 Å². The summed E-state index contributed by atoms with van der Waals surface area (Å²) in [6.07, 6.45) is 6.47. The zero-order chi connectivity index (χ0) is 15.8. The summed E-state index contributed by atoms with van der Waals surface area (Å²) in [6, 6.07) is 7.61. The number of amides is 1. The summed E-state index contributed by atoms with van der Waals surface area (Å²) in [5.41, 5.74) is 0.106. The molecule has 0 radical (unpaired) electrons. The van der Waals surface area contributed by atoms with Gasteiger partial charge >= 0.3 is 0 Å². The number of ether oxygens (including phenoxy) is 1. The molecule has 0 aliphatic heterocycles. The maximum absolute atomic E-state index is 12.1. The Morgan fingerprint density at radius 2 is 2.05 bits per heavy atom. The van der Waals surface area contributed by atoms with Gasteiger partial charge in [0.05, 0.1) is 12.0 Å². The molecule has 2 rings (SSSR count). The third-order valence-electron chi connectivity index (χ3n) is 4.08. The third kappa shape index (κ3) is 4.88. The first-order valence-corrected chi connectivity index (χ1v) is 7.94. The largest absolute Gasteiger partial charge is 0.489 e. The van der Waals surface area contributed by atoms with Crippen LogP contribution in [0.1, 0.15) is 44.1 Å². The highest BCUT2D eigenvalue weighted by atomic mass is 16.5. The summed E-state index contributed by atoms with van der Waals surface area (Å²) < 4.78 is 5.57. The fourth-order valence-electron chi connectivity index (χ4n) is 2.88. The summed E-state index contributed by atoms with van der Waals surface area (Å²) >= 11 is 0. The molecule has 0 spiro atoms. The van der Waals surface area contributed by atoms with Gasteiger partial charge in [0.25, 0.3) is 0 Å². The Morgan fingerprint density at radius 1 is 1.32 bits per heavy atom. The molecule has 0 heterocycles. The van der Waals surface area contributed by atoms with Gasteiger partial charge in [-0.3, -0.25) is 4.79 Å². The van der Waals surface area contributed by atoms with E-state index in [-0.39, 0.29) is 12.3 Å². The molecule has 1 aliphatic rings.